The zero-order valence-corrected chi connectivity index (χ0v) is 22.2. The number of ether oxygens (including phenoxy) is 1. The molecule has 0 saturated carbocycles. The van der Waals surface area contributed by atoms with Crippen LogP contribution < -0.4 is 5.32 Å². The van der Waals surface area contributed by atoms with Gasteiger partial charge in [-0.05, 0) is 47.2 Å². The third-order valence-corrected chi connectivity index (χ3v) is 6.39. The standard InChI is InChI=1S/C26H30N2O5.2H2S/c1-26(2,3)18-8-6-17(7-9-18)24(31)27-20(14-16-4-10-19(29)11-5-16)25(32)28-13-12-22-23(28)21(30)15-33-22;;/h4-11,20,22-23,29H,12-15H2,1-3H3,(H,27,31);2*1H2/t20-,22+,23+;;/m0../s1. The van der Waals surface area contributed by atoms with Crippen molar-refractivity contribution in [2.24, 2.45) is 0 Å². The molecular formula is C26H34N2O5S2. The summed E-state index contributed by atoms with van der Waals surface area (Å²) in [6.45, 7) is 6.75. The maximum Gasteiger partial charge on any atom is 0.251 e. The first-order valence-corrected chi connectivity index (χ1v) is 11.3. The Bertz CT molecular complexity index is 1050. The number of aromatic hydroxyl groups is 1. The number of ketones is 1. The van der Waals surface area contributed by atoms with Crippen LogP contribution in [0, 0.1) is 0 Å². The quantitative estimate of drug-likeness (QED) is 0.635. The van der Waals surface area contributed by atoms with E-state index in [2.05, 4.69) is 26.1 Å². The molecule has 4 rings (SSSR count). The second kappa shape index (κ2) is 11.5. The maximum absolute atomic E-state index is 13.5. The number of carbonyl (C=O) groups is 3. The first-order valence-electron chi connectivity index (χ1n) is 11.3. The van der Waals surface area contributed by atoms with Crippen molar-refractivity contribution in [2.75, 3.05) is 13.2 Å². The van der Waals surface area contributed by atoms with Gasteiger partial charge in [-0.1, -0.05) is 45.0 Å². The summed E-state index contributed by atoms with van der Waals surface area (Å²) in [5.74, 6) is -0.620. The third-order valence-electron chi connectivity index (χ3n) is 6.39. The van der Waals surface area contributed by atoms with Gasteiger partial charge in [-0.3, -0.25) is 14.4 Å². The van der Waals surface area contributed by atoms with Crippen molar-refractivity contribution < 1.29 is 24.2 Å². The van der Waals surface area contributed by atoms with Gasteiger partial charge in [0.05, 0.1) is 6.10 Å². The fourth-order valence-electron chi connectivity index (χ4n) is 4.47. The van der Waals surface area contributed by atoms with Crippen molar-refractivity contribution in [3.63, 3.8) is 0 Å². The van der Waals surface area contributed by atoms with Gasteiger partial charge in [0.2, 0.25) is 5.91 Å². The predicted molar refractivity (Wildman–Crippen MR) is 144 cm³/mol. The topological polar surface area (TPSA) is 95.9 Å². The van der Waals surface area contributed by atoms with Crippen LogP contribution in [0.3, 0.4) is 0 Å². The van der Waals surface area contributed by atoms with Gasteiger partial charge in [0.15, 0.2) is 5.78 Å². The lowest BCUT2D eigenvalue weighted by molar-refractivity contribution is -0.138. The third kappa shape index (κ3) is 6.39. The molecule has 7 nitrogen and oxygen atoms in total. The number of benzene rings is 2. The minimum atomic E-state index is -0.850. The van der Waals surface area contributed by atoms with Gasteiger partial charge in [-0.2, -0.15) is 27.0 Å². The highest BCUT2D eigenvalue weighted by atomic mass is 32.1. The summed E-state index contributed by atoms with van der Waals surface area (Å²) in [6.07, 6.45) is 0.584. The number of fused-ring (bicyclic) bond motifs is 1. The van der Waals surface area contributed by atoms with Crippen LogP contribution in [-0.2, 0) is 26.2 Å². The highest BCUT2D eigenvalue weighted by molar-refractivity contribution is 7.59. The van der Waals surface area contributed by atoms with Crippen molar-refractivity contribution in [3.05, 3.63) is 65.2 Å². The van der Waals surface area contributed by atoms with Gasteiger partial charge in [0.1, 0.15) is 24.4 Å². The largest absolute Gasteiger partial charge is 0.508 e. The van der Waals surface area contributed by atoms with Crippen LogP contribution in [0.1, 0.15) is 48.7 Å². The Kier molecular flexibility index (Phi) is 9.44. The van der Waals surface area contributed by atoms with Crippen molar-refractivity contribution in [2.45, 2.75) is 57.2 Å². The molecule has 2 aromatic rings. The Labute approximate surface area is 220 Å². The monoisotopic (exact) mass is 518 g/mol. The van der Waals surface area contributed by atoms with Gasteiger partial charge in [-0.15, -0.1) is 0 Å². The number of amides is 2. The first-order chi connectivity index (χ1) is 15.6. The summed E-state index contributed by atoms with van der Waals surface area (Å²) in [4.78, 5) is 40.4. The van der Waals surface area contributed by atoms with Crippen LogP contribution in [0.5, 0.6) is 5.75 Å². The van der Waals surface area contributed by atoms with Gasteiger partial charge in [0.25, 0.3) is 5.91 Å². The molecule has 0 spiro atoms. The van der Waals surface area contributed by atoms with E-state index < -0.39 is 12.1 Å². The fraction of sp³-hybridized carbons (Fsp3) is 0.423. The molecule has 35 heavy (non-hydrogen) atoms. The van der Waals surface area contributed by atoms with E-state index in [0.717, 1.165) is 11.1 Å². The highest BCUT2D eigenvalue weighted by Crippen LogP contribution is 2.28. The van der Waals surface area contributed by atoms with Crippen molar-refractivity contribution >= 4 is 44.6 Å². The lowest BCUT2D eigenvalue weighted by Crippen LogP contribution is -2.53. The Balaban J connectivity index is 0.00000216. The lowest BCUT2D eigenvalue weighted by Gasteiger charge is -2.28. The fourth-order valence-corrected chi connectivity index (χ4v) is 4.47. The van der Waals surface area contributed by atoms with Crippen LogP contribution in [0.4, 0.5) is 0 Å². The maximum atomic E-state index is 13.5. The van der Waals surface area contributed by atoms with E-state index in [4.69, 9.17) is 4.74 Å². The number of phenols is 1. The molecule has 2 N–H and O–H groups in total. The number of hydrogen-bond acceptors (Lipinski definition) is 5. The molecule has 0 aromatic heterocycles. The average molecular weight is 519 g/mol. The van der Waals surface area contributed by atoms with E-state index in [-0.39, 0.29) is 74.9 Å². The zero-order chi connectivity index (χ0) is 23.8. The summed E-state index contributed by atoms with van der Waals surface area (Å²) >= 11 is 0. The van der Waals surface area contributed by atoms with Gasteiger partial charge >= 0.3 is 0 Å². The number of hydrogen-bond donors (Lipinski definition) is 2. The number of rotatable bonds is 5. The van der Waals surface area contributed by atoms with Crippen molar-refractivity contribution in [1.29, 1.82) is 0 Å². The lowest BCUT2D eigenvalue weighted by atomic mass is 9.86. The Morgan fingerprint density at radius 1 is 1.09 bits per heavy atom. The summed E-state index contributed by atoms with van der Waals surface area (Å²) in [5, 5.41) is 12.5. The van der Waals surface area contributed by atoms with E-state index >= 15 is 0 Å². The van der Waals surface area contributed by atoms with Gasteiger partial charge in [0, 0.05) is 18.5 Å². The zero-order valence-electron chi connectivity index (χ0n) is 20.2. The van der Waals surface area contributed by atoms with Crippen LogP contribution in [-0.4, -0.2) is 58.9 Å². The minimum absolute atomic E-state index is 0. The average Bonchev–Trinajstić information content (AvgIpc) is 3.37. The molecule has 2 aromatic carbocycles. The molecule has 0 unspecified atom stereocenters. The summed E-state index contributed by atoms with van der Waals surface area (Å²) in [5.41, 5.74) is 2.33. The smallest absolute Gasteiger partial charge is 0.251 e. The minimum Gasteiger partial charge on any atom is -0.508 e. The molecule has 190 valence electrons. The summed E-state index contributed by atoms with van der Waals surface area (Å²) < 4.78 is 5.51. The Morgan fingerprint density at radius 2 is 1.71 bits per heavy atom. The normalized spacial score (nSPS) is 19.9. The number of nitrogens with zero attached hydrogens (tertiary/aromatic N) is 1. The molecule has 3 atom stereocenters. The SMILES string of the molecule is CC(C)(C)c1ccc(C(=O)N[C@@H](Cc2ccc(O)cc2)C(=O)N2CC[C@H]3OCC(=O)[C@H]32)cc1.S.S. The van der Waals surface area contributed by atoms with Crippen LogP contribution >= 0.6 is 27.0 Å². The van der Waals surface area contributed by atoms with Crippen LogP contribution in [0.15, 0.2) is 48.5 Å². The van der Waals surface area contributed by atoms with Gasteiger partial charge in [-0.25, -0.2) is 0 Å². The van der Waals surface area contributed by atoms with E-state index in [9.17, 15) is 19.5 Å². The Morgan fingerprint density at radius 3 is 2.31 bits per heavy atom. The molecule has 2 fully saturated rings. The summed E-state index contributed by atoms with van der Waals surface area (Å²) in [6, 6.07) is 12.5. The molecule has 0 radical (unpaired) electrons. The number of Topliss-reactive ketones (excluding diaryl/α,β-unsaturated/α-hetero) is 1. The second-order valence-corrected chi connectivity index (χ2v) is 9.80. The summed E-state index contributed by atoms with van der Waals surface area (Å²) in [7, 11) is 0. The van der Waals surface area contributed by atoms with Crippen LogP contribution in [0.25, 0.3) is 0 Å². The molecular weight excluding hydrogens is 484 g/mol. The molecule has 9 heteroatoms. The molecule has 2 saturated heterocycles. The van der Waals surface area contributed by atoms with E-state index in [1.165, 1.54) is 0 Å². The predicted octanol–water partition coefficient (Wildman–Crippen LogP) is 2.83. The second-order valence-electron chi connectivity index (χ2n) is 9.80. The van der Waals surface area contributed by atoms with Crippen molar-refractivity contribution in [1.82, 2.24) is 10.2 Å². The van der Waals surface area contributed by atoms with E-state index in [1.807, 2.05) is 12.1 Å². The van der Waals surface area contributed by atoms with Crippen molar-refractivity contribution in [3.8, 4) is 5.75 Å². The first kappa shape index (κ1) is 28.7. The van der Waals surface area contributed by atoms with E-state index in [1.54, 1.807) is 41.3 Å². The molecule has 0 bridgehead atoms. The number of nitrogens with one attached hydrogen (secondary N) is 1. The van der Waals surface area contributed by atoms with Gasteiger partial charge < -0.3 is 20.1 Å². The molecule has 0 aliphatic carbocycles. The number of likely N-dealkylation sites (tertiary alicyclic amines) is 1. The molecule has 2 aliphatic heterocycles. The molecule has 2 aliphatic rings. The molecule has 2 amide bonds. The van der Waals surface area contributed by atoms with E-state index in [0.29, 0.717) is 18.5 Å². The molecule has 2 heterocycles. The number of phenolic OH excluding ortho intramolecular Hbond substituents is 1. The van der Waals surface area contributed by atoms with Crippen LogP contribution in [0.2, 0.25) is 0 Å². The number of carbonyl (C=O) groups excluding carboxylic acids is 3. The highest BCUT2D eigenvalue weighted by Gasteiger charge is 2.48. The Hall–Kier alpha value is -2.49.